The second-order valence-electron chi connectivity index (χ2n) is 2.73. The molecule has 0 N–H and O–H groups in total. The largest absolute Gasteiger partial charge is 1.00 e. The van der Waals surface area contributed by atoms with E-state index in [-0.39, 0.29) is 40.8 Å². The van der Waals surface area contributed by atoms with Crippen LogP contribution in [-0.2, 0) is 4.79 Å². The van der Waals surface area contributed by atoms with Gasteiger partial charge in [-0.2, -0.15) is 0 Å². The van der Waals surface area contributed by atoms with Gasteiger partial charge in [0.05, 0.1) is 0 Å². The number of allylic oxidation sites excluding steroid dienone is 1. The normalized spacial score (nSPS) is 20.1. The summed E-state index contributed by atoms with van der Waals surface area (Å²) >= 11 is 0. The van der Waals surface area contributed by atoms with Crippen LogP contribution in [0.25, 0.3) is 0 Å². The first kappa shape index (κ1) is 10.2. The van der Waals surface area contributed by atoms with Crippen molar-refractivity contribution in [3.63, 3.8) is 0 Å². The monoisotopic (exact) mass is 148 g/mol. The van der Waals surface area contributed by atoms with Gasteiger partial charge in [0.2, 0.25) is 0 Å². The van der Waals surface area contributed by atoms with Crippen molar-refractivity contribution in [1.82, 2.24) is 0 Å². The van der Waals surface area contributed by atoms with E-state index in [2.05, 4.69) is 0 Å². The van der Waals surface area contributed by atoms with Gasteiger partial charge in [0.1, 0.15) is 0 Å². The molecule has 0 aromatic rings. The molecule has 3 heteroatoms. The molecule has 0 unspecified atom stereocenters. The number of ketones is 1. The van der Waals surface area contributed by atoms with Crippen LogP contribution in [0.2, 0.25) is 0 Å². The zero-order valence-corrected chi connectivity index (χ0v) is 8.39. The number of hydrogen-bond donors (Lipinski definition) is 0. The second-order valence-corrected chi connectivity index (χ2v) is 2.73. The molecule has 1 aliphatic carbocycles. The van der Waals surface area contributed by atoms with Crippen LogP contribution in [0.5, 0.6) is 0 Å². The van der Waals surface area contributed by atoms with Crippen LogP contribution in [0.3, 0.4) is 0 Å². The summed E-state index contributed by atoms with van der Waals surface area (Å²) in [5.41, 5.74) is -0.166. The van der Waals surface area contributed by atoms with Crippen molar-refractivity contribution in [2.75, 3.05) is 0 Å². The quantitative estimate of drug-likeness (QED) is 0.242. The van der Waals surface area contributed by atoms with Gasteiger partial charge in [-0.15, -0.1) is 6.26 Å². The molecule has 0 aromatic heterocycles. The Hall–Kier alpha value is 0.210. The molecular formula is C7H9NaO2. The van der Waals surface area contributed by atoms with Crippen LogP contribution in [0.15, 0.2) is 12.3 Å². The van der Waals surface area contributed by atoms with E-state index in [9.17, 15) is 9.90 Å². The maximum absolute atomic E-state index is 10.8. The van der Waals surface area contributed by atoms with Crippen molar-refractivity contribution < 1.29 is 39.5 Å². The van der Waals surface area contributed by atoms with Crippen LogP contribution < -0.4 is 34.7 Å². The zero-order valence-electron chi connectivity index (χ0n) is 6.39. The van der Waals surface area contributed by atoms with E-state index in [0.717, 1.165) is 18.9 Å². The van der Waals surface area contributed by atoms with Crippen LogP contribution in [-0.4, -0.2) is 5.78 Å². The van der Waals surface area contributed by atoms with E-state index in [4.69, 9.17) is 0 Å². The molecule has 10 heavy (non-hydrogen) atoms. The fourth-order valence-electron chi connectivity index (χ4n) is 0.697. The average Bonchev–Trinajstić information content (AvgIpc) is 2.50. The van der Waals surface area contributed by atoms with Crippen LogP contribution in [0, 0.1) is 5.41 Å². The summed E-state index contributed by atoms with van der Waals surface area (Å²) in [4.78, 5) is 10.8. The molecule has 1 rings (SSSR count). The van der Waals surface area contributed by atoms with Crippen molar-refractivity contribution in [3.05, 3.63) is 12.3 Å². The van der Waals surface area contributed by atoms with Crippen LogP contribution >= 0.6 is 0 Å². The van der Waals surface area contributed by atoms with Gasteiger partial charge in [0.25, 0.3) is 0 Å². The van der Waals surface area contributed by atoms with Gasteiger partial charge >= 0.3 is 29.6 Å². The fraction of sp³-hybridized carbons (Fsp3) is 0.571. The minimum absolute atomic E-state index is 0. The van der Waals surface area contributed by atoms with Gasteiger partial charge in [-0.3, -0.25) is 4.79 Å². The average molecular weight is 148 g/mol. The summed E-state index contributed by atoms with van der Waals surface area (Å²) in [5, 5.41) is 9.81. The predicted molar refractivity (Wildman–Crippen MR) is 31.5 cm³/mol. The number of hydrogen-bond acceptors (Lipinski definition) is 2. The van der Waals surface area contributed by atoms with Crippen LogP contribution in [0.4, 0.5) is 0 Å². The molecule has 0 amide bonds. The van der Waals surface area contributed by atoms with Gasteiger partial charge in [0.15, 0.2) is 5.78 Å². The van der Waals surface area contributed by atoms with Crippen LogP contribution in [0.1, 0.15) is 19.8 Å². The molecule has 2 nitrogen and oxygen atoms in total. The van der Waals surface area contributed by atoms with Gasteiger partial charge in [-0.25, -0.2) is 0 Å². The summed E-state index contributed by atoms with van der Waals surface area (Å²) < 4.78 is 0. The first-order valence-corrected chi connectivity index (χ1v) is 3.02. The Kier molecular flexibility index (Phi) is 3.63. The van der Waals surface area contributed by atoms with Crippen molar-refractivity contribution in [1.29, 1.82) is 0 Å². The maximum atomic E-state index is 10.8. The third-order valence-electron chi connectivity index (χ3n) is 1.81. The van der Waals surface area contributed by atoms with E-state index >= 15 is 0 Å². The van der Waals surface area contributed by atoms with Gasteiger partial charge in [-0.1, -0.05) is 6.92 Å². The number of carbonyl (C=O) groups excluding carboxylic acids is 1. The smallest absolute Gasteiger partial charge is 0.878 e. The van der Waals surface area contributed by atoms with E-state index < -0.39 is 0 Å². The molecule has 1 fully saturated rings. The van der Waals surface area contributed by atoms with Gasteiger partial charge in [-0.05, 0) is 18.9 Å². The van der Waals surface area contributed by atoms with E-state index in [0.29, 0.717) is 6.26 Å². The number of rotatable bonds is 2. The van der Waals surface area contributed by atoms with E-state index in [1.54, 1.807) is 0 Å². The summed E-state index contributed by atoms with van der Waals surface area (Å²) in [6.07, 6.45) is 3.56. The van der Waals surface area contributed by atoms with E-state index in [1.165, 1.54) is 0 Å². The second kappa shape index (κ2) is 3.56. The molecule has 0 aromatic carbocycles. The molecule has 1 saturated carbocycles. The summed E-state index contributed by atoms with van der Waals surface area (Å²) in [5.74, 6) is -0.0162. The molecule has 0 spiro atoms. The SMILES string of the molecule is CC1(C(=O)C=C[O-])CC1.[Na+]. The third kappa shape index (κ3) is 2.11. The third-order valence-corrected chi connectivity index (χ3v) is 1.81. The first-order valence-electron chi connectivity index (χ1n) is 3.02. The Morgan fingerprint density at radius 1 is 1.60 bits per heavy atom. The first-order chi connectivity index (χ1) is 4.19. The molecule has 0 saturated heterocycles. The van der Waals surface area contributed by atoms with E-state index in [1.807, 2.05) is 6.92 Å². The summed E-state index contributed by atoms with van der Waals surface area (Å²) in [6.45, 7) is 1.88. The Balaban J connectivity index is 0.000000810. The molecule has 0 heterocycles. The Bertz CT molecular complexity index is 159. The standard InChI is InChI=1S/C7H10O2.Na/c1-7(3-4-7)6(9)2-5-8;/h2,5,8H,3-4H2,1H3;/q;+1/p-1. The maximum Gasteiger partial charge on any atom is 1.00 e. The Morgan fingerprint density at radius 2 is 2.10 bits per heavy atom. The predicted octanol–water partition coefficient (Wildman–Crippen LogP) is -2.77. The minimum Gasteiger partial charge on any atom is -0.878 e. The summed E-state index contributed by atoms with van der Waals surface area (Å²) in [6, 6.07) is 0. The summed E-state index contributed by atoms with van der Waals surface area (Å²) in [7, 11) is 0. The minimum atomic E-state index is -0.166. The number of carbonyl (C=O) groups is 1. The van der Waals surface area contributed by atoms with Crippen molar-refractivity contribution >= 4 is 5.78 Å². The molecule has 50 valence electrons. The molecule has 1 aliphatic rings. The zero-order chi connectivity index (χ0) is 6.91. The Labute approximate surface area is 82.6 Å². The van der Waals surface area contributed by atoms with Gasteiger partial charge < -0.3 is 5.11 Å². The fourth-order valence-corrected chi connectivity index (χ4v) is 0.697. The molecule has 0 aliphatic heterocycles. The van der Waals surface area contributed by atoms with Crippen molar-refractivity contribution in [2.24, 2.45) is 5.41 Å². The van der Waals surface area contributed by atoms with Crippen molar-refractivity contribution in [2.45, 2.75) is 19.8 Å². The molecular weight excluding hydrogens is 139 g/mol. The molecule has 0 radical (unpaired) electrons. The van der Waals surface area contributed by atoms with Gasteiger partial charge in [0, 0.05) is 5.41 Å². The Morgan fingerprint density at radius 3 is 2.40 bits per heavy atom. The topological polar surface area (TPSA) is 40.1 Å². The molecule has 0 bridgehead atoms. The molecule has 0 atom stereocenters. The van der Waals surface area contributed by atoms with Crippen molar-refractivity contribution in [3.8, 4) is 0 Å².